The summed E-state index contributed by atoms with van der Waals surface area (Å²) >= 11 is 0. The van der Waals surface area contributed by atoms with E-state index in [-0.39, 0.29) is 23.9 Å². The zero-order valence-corrected chi connectivity index (χ0v) is 15.0. The van der Waals surface area contributed by atoms with Crippen molar-refractivity contribution >= 4 is 17.5 Å². The molecule has 1 heterocycles. The van der Waals surface area contributed by atoms with Crippen LogP contribution in [0, 0.1) is 5.92 Å². The minimum absolute atomic E-state index is 0.00267. The molecule has 1 saturated heterocycles. The molecule has 6 nitrogen and oxygen atoms in total. The molecular formula is C19H27N3O3. The van der Waals surface area contributed by atoms with Crippen molar-refractivity contribution < 1.29 is 14.3 Å². The summed E-state index contributed by atoms with van der Waals surface area (Å²) in [6.45, 7) is 5.06. The highest BCUT2D eigenvalue weighted by molar-refractivity contribution is 5.99. The van der Waals surface area contributed by atoms with Gasteiger partial charge in [-0.3, -0.25) is 9.59 Å². The molecule has 25 heavy (non-hydrogen) atoms. The fourth-order valence-electron chi connectivity index (χ4n) is 2.55. The molecule has 0 aliphatic carbocycles. The van der Waals surface area contributed by atoms with E-state index in [1.807, 2.05) is 0 Å². The van der Waals surface area contributed by atoms with Crippen molar-refractivity contribution in [2.45, 2.75) is 38.8 Å². The Balaban J connectivity index is 1.90. The van der Waals surface area contributed by atoms with E-state index in [9.17, 15) is 9.59 Å². The van der Waals surface area contributed by atoms with Gasteiger partial charge in [0.05, 0.1) is 13.2 Å². The normalized spacial score (nSPS) is 17.8. The van der Waals surface area contributed by atoms with Crippen LogP contribution in [0.2, 0.25) is 0 Å². The van der Waals surface area contributed by atoms with Gasteiger partial charge in [0.25, 0.3) is 0 Å². The van der Waals surface area contributed by atoms with Crippen LogP contribution in [0.15, 0.2) is 36.4 Å². The monoisotopic (exact) mass is 345 g/mol. The first-order valence-electron chi connectivity index (χ1n) is 8.65. The van der Waals surface area contributed by atoms with Crippen LogP contribution in [-0.2, 0) is 9.59 Å². The zero-order valence-electron chi connectivity index (χ0n) is 15.0. The van der Waals surface area contributed by atoms with Gasteiger partial charge in [0.2, 0.25) is 11.8 Å². The molecule has 0 bridgehead atoms. The number of hydrogen-bond donors (Lipinski definition) is 3. The molecule has 136 valence electrons. The number of rotatable bonds is 8. The molecule has 1 aliphatic rings. The van der Waals surface area contributed by atoms with Gasteiger partial charge in [-0.15, -0.1) is 0 Å². The van der Waals surface area contributed by atoms with Crippen LogP contribution in [0.5, 0.6) is 5.75 Å². The van der Waals surface area contributed by atoms with E-state index in [4.69, 9.17) is 4.74 Å². The zero-order chi connectivity index (χ0) is 18.2. The molecule has 0 aromatic heterocycles. The first-order valence-corrected chi connectivity index (χ1v) is 8.65. The molecule has 1 aromatic carbocycles. The van der Waals surface area contributed by atoms with Gasteiger partial charge in [-0.25, -0.2) is 0 Å². The minimum atomic E-state index is -0.227. The second-order valence-electron chi connectivity index (χ2n) is 6.62. The van der Waals surface area contributed by atoms with Crippen LogP contribution in [0.3, 0.4) is 0 Å². The van der Waals surface area contributed by atoms with Crippen molar-refractivity contribution in [3.63, 3.8) is 0 Å². The van der Waals surface area contributed by atoms with E-state index < -0.39 is 0 Å². The molecule has 2 rings (SSSR count). The van der Waals surface area contributed by atoms with Crippen molar-refractivity contribution in [3.8, 4) is 5.75 Å². The molecule has 2 atom stereocenters. The van der Waals surface area contributed by atoms with Gasteiger partial charge < -0.3 is 20.7 Å². The lowest BCUT2D eigenvalue weighted by molar-refractivity contribution is -0.125. The number of amides is 2. The SMILES string of the molecule is COc1ccc(NC(=O)/C=C/[C@H](CC(C)C)NC(=O)C2CCN2)cc1. The van der Waals surface area contributed by atoms with Gasteiger partial charge in [0, 0.05) is 17.8 Å². The first kappa shape index (κ1) is 19.0. The summed E-state index contributed by atoms with van der Waals surface area (Å²) in [5.41, 5.74) is 0.693. The highest BCUT2D eigenvalue weighted by Crippen LogP contribution is 2.15. The van der Waals surface area contributed by atoms with Gasteiger partial charge in [-0.2, -0.15) is 0 Å². The number of benzene rings is 1. The maximum atomic E-state index is 12.1. The molecular weight excluding hydrogens is 318 g/mol. The van der Waals surface area contributed by atoms with Crippen molar-refractivity contribution in [1.82, 2.24) is 10.6 Å². The topological polar surface area (TPSA) is 79.5 Å². The molecule has 2 amide bonds. The van der Waals surface area contributed by atoms with E-state index in [0.717, 1.165) is 25.1 Å². The minimum Gasteiger partial charge on any atom is -0.497 e. The quantitative estimate of drug-likeness (QED) is 0.630. The fourth-order valence-corrected chi connectivity index (χ4v) is 2.55. The van der Waals surface area contributed by atoms with Crippen LogP contribution in [0.4, 0.5) is 5.69 Å². The number of methoxy groups -OCH3 is 1. The van der Waals surface area contributed by atoms with Gasteiger partial charge in [-0.05, 0) is 49.6 Å². The third-order valence-electron chi connectivity index (χ3n) is 4.03. The molecule has 1 aromatic rings. The molecule has 1 fully saturated rings. The average Bonchev–Trinajstić information content (AvgIpc) is 2.51. The number of anilines is 1. The Hall–Kier alpha value is -2.34. The Bertz CT molecular complexity index is 607. The summed E-state index contributed by atoms with van der Waals surface area (Å²) in [6, 6.07) is 6.87. The average molecular weight is 345 g/mol. The third kappa shape index (κ3) is 6.23. The van der Waals surface area contributed by atoms with Crippen molar-refractivity contribution in [2.24, 2.45) is 5.92 Å². The summed E-state index contributed by atoms with van der Waals surface area (Å²) in [6.07, 6.45) is 4.88. The van der Waals surface area contributed by atoms with E-state index in [0.29, 0.717) is 11.6 Å². The van der Waals surface area contributed by atoms with Crippen LogP contribution in [0.1, 0.15) is 26.7 Å². The van der Waals surface area contributed by atoms with Crippen LogP contribution >= 0.6 is 0 Å². The highest BCUT2D eigenvalue weighted by atomic mass is 16.5. The summed E-state index contributed by atoms with van der Waals surface area (Å²) in [5, 5.41) is 8.88. The van der Waals surface area contributed by atoms with Crippen molar-refractivity contribution in [2.75, 3.05) is 19.0 Å². The van der Waals surface area contributed by atoms with E-state index in [1.165, 1.54) is 6.08 Å². The predicted molar refractivity (Wildman–Crippen MR) is 98.6 cm³/mol. The van der Waals surface area contributed by atoms with Gasteiger partial charge in [-0.1, -0.05) is 19.9 Å². The Morgan fingerprint density at radius 3 is 2.52 bits per heavy atom. The summed E-state index contributed by atoms with van der Waals surface area (Å²) in [5.74, 6) is 0.916. The maximum Gasteiger partial charge on any atom is 0.248 e. The number of ether oxygens (including phenoxy) is 1. The maximum absolute atomic E-state index is 12.1. The second-order valence-corrected chi connectivity index (χ2v) is 6.62. The van der Waals surface area contributed by atoms with E-state index >= 15 is 0 Å². The second kappa shape index (κ2) is 9.22. The number of hydrogen-bond acceptors (Lipinski definition) is 4. The predicted octanol–water partition coefficient (Wildman–Crippen LogP) is 2.08. The summed E-state index contributed by atoms with van der Waals surface area (Å²) in [7, 11) is 1.60. The number of carbonyl (C=O) groups excluding carboxylic acids is 2. The molecule has 0 spiro atoms. The van der Waals surface area contributed by atoms with E-state index in [1.54, 1.807) is 37.5 Å². The molecule has 1 aliphatic heterocycles. The van der Waals surface area contributed by atoms with Gasteiger partial charge in [0.1, 0.15) is 5.75 Å². The molecule has 0 saturated carbocycles. The van der Waals surface area contributed by atoms with Crippen LogP contribution in [-0.4, -0.2) is 37.6 Å². The molecule has 1 unspecified atom stereocenters. The lowest BCUT2D eigenvalue weighted by Gasteiger charge is -2.28. The largest absolute Gasteiger partial charge is 0.497 e. The first-order chi connectivity index (χ1) is 12.0. The highest BCUT2D eigenvalue weighted by Gasteiger charge is 2.25. The van der Waals surface area contributed by atoms with Gasteiger partial charge >= 0.3 is 0 Å². The number of nitrogens with one attached hydrogen (secondary N) is 3. The van der Waals surface area contributed by atoms with Crippen LogP contribution < -0.4 is 20.7 Å². The van der Waals surface area contributed by atoms with Gasteiger partial charge in [0.15, 0.2) is 0 Å². The number of carbonyl (C=O) groups is 2. The lowest BCUT2D eigenvalue weighted by atomic mass is 10.0. The molecule has 6 heteroatoms. The summed E-state index contributed by atoms with van der Waals surface area (Å²) in [4.78, 5) is 24.2. The smallest absolute Gasteiger partial charge is 0.248 e. The Labute approximate surface area is 149 Å². The summed E-state index contributed by atoms with van der Waals surface area (Å²) < 4.78 is 5.09. The van der Waals surface area contributed by atoms with Crippen molar-refractivity contribution in [1.29, 1.82) is 0 Å². The molecule has 0 radical (unpaired) electrons. The van der Waals surface area contributed by atoms with E-state index in [2.05, 4.69) is 29.8 Å². The standard InChI is InChI=1S/C19H27N3O3/c1-13(2)12-15(22-19(24)17-10-11-20-17)6-9-18(23)21-14-4-7-16(25-3)8-5-14/h4-9,13,15,17,20H,10-12H2,1-3H3,(H,21,23)(H,22,24)/b9-6+/t15-,17?/m1/s1. The third-order valence-corrected chi connectivity index (χ3v) is 4.03. The molecule has 3 N–H and O–H groups in total. The Kier molecular flexibility index (Phi) is 7.01. The Morgan fingerprint density at radius 1 is 1.32 bits per heavy atom. The Morgan fingerprint density at radius 2 is 2.00 bits per heavy atom. The van der Waals surface area contributed by atoms with Crippen molar-refractivity contribution in [3.05, 3.63) is 36.4 Å². The fraction of sp³-hybridized carbons (Fsp3) is 0.474. The van der Waals surface area contributed by atoms with Crippen LogP contribution in [0.25, 0.3) is 0 Å². The lowest BCUT2D eigenvalue weighted by Crippen LogP contribution is -2.55.